The van der Waals surface area contributed by atoms with E-state index in [0.717, 1.165) is 0 Å². The molecule has 1 aromatic rings. The first-order valence-corrected chi connectivity index (χ1v) is 8.82. The Bertz CT molecular complexity index is 587. The minimum Gasteiger partial charge on any atom is -0.466 e. The maximum Gasteiger partial charge on any atom is 0.330 e. The van der Waals surface area contributed by atoms with Crippen LogP contribution in [0.25, 0.3) is 0 Å². The van der Waals surface area contributed by atoms with Gasteiger partial charge >= 0.3 is 5.97 Å². The van der Waals surface area contributed by atoms with Gasteiger partial charge in [-0.25, -0.2) is 4.79 Å². The summed E-state index contributed by atoms with van der Waals surface area (Å²) in [5.74, 6) is 0.161. The lowest BCUT2D eigenvalue weighted by atomic mass is 10.2. The Morgan fingerprint density at radius 3 is 2.79 bits per heavy atom. The highest BCUT2D eigenvalue weighted by molar-refractivity contribution is 7.99. The summed E-state index contributed by atoms with van der Waals surface area (Å²) in [6.07, 6.45) is 1.53. The summed E-state index contributed by atoms with van der Waals surface area (Å²) in [6.45, 7) is 5.53. The molecule has 0 unspecified atom stereocenters. The first kappa shape index (κ1) is 18.4. The molecule has 2 heterocycles. The summed E-state index contributed by atoms with van der Waals surface area (Å²) < 4.78 is 10.4. The molecule has 1 aliphatic heterocycles. The van der Waals surface area contributed by atoms with Crippen LogP contribution in [0.2, 0.25) is 0 Å². The van der Waals surface area contributed by atoms with Crippen LogP contribution in [0.15, 0.2) is 22.8 Å². The van der Waals surface area contributed by atoms with Crippen molar-refractivity contribution in [1.82, 2.24) is 10.2 Å². The van der Waals surface area contributed by atoms with E-state index >= 15 is 0 Å². The summed E-state index contributed by atoms with van der Waals surface area (Å²) >= 11 is 1.43. The van der Waals surface area contributed by atoms with E-state index in [1.807, 2.05) is 13.8 Å². The van der Waals surface area contributed by atoms with Gasteiger partial charge in [0.15, 0.2) is 6.61 Å². The summed E-state index contributed by atoms with van der Waals surface area (Å²) in [5, 5.41) is 2.32. The quantitative estimate of drug-likeness (QED) is 0.780. The van der Waals surface area contributed by atoms with Gasteiger partial charge in [0.05, 0.1) is 6.26 Å². The molecule has 1 N–H and O–H groups in total. The molecule has 7 nitrogen and oxygen atoms in total. The largest absolute Gasteiger partial charge is 0.466 e. The van der Waals surface area contributed by atoms with Crippen molar-refractivity contribution < 1.29 is 23.5 Å². The Morgan fingerprint density at radius 1 is 1.46 bits per heavy atom. The van der Waals surface area contributed by atoms with E-state index in [0.29, 0.717) is 24.0 Å². The number of esters is 1. The summed E-state index contributed by atoms with van der Waals surface area (Å²) in [4.78, 5) is 37.3. The zero-order chi connectivity index (χ0) is 17.7. The molecular weight excluding hydrogens is 332 g/mol. The van der Waals surface area contributed by atoms with Crippen molar-refractivity contribution in [3.05, 3.63) is 24.2 Å². The first-order valence-electron chi connectivity index (χ1n) is 7.77. The van der Waals surface area contributed by atoms with Gasteiger partial charge in [-0.3, -0.25) is 9.59 Å². The fraction of sp³-hybridized carbons (Fsp3) is 0.562. The SMILES string of the molecule is CC(=O)N1[C@@H](C(=O)OCC(=O)NCC(C)C)CS[C@H]1c1ccco1. The second-order valence-corrected chi connectivity index (χ2v) is 7.06. The van der Waals surface area contributed by atoms with Crippen LogP contribution in [0.3, 0.4) is 0 Å². The van der Waals surface area contributed by atoms with Crippen molar-refractivity contribution >= 4 is 29.5 Å². The molecule has 132 valence electrons. The van der Waals surface area contributed by atoms with Crippen molar-refractivity contribution in [2.24, 2.45) is 5.92 Å². The molecule has 2 atom stereocenters. The van der Waals surface area contributed by atoms with E-state index in [4.69, 9.17) is 9.15 Å². The highest BCUT2D eigenvalue weighted by Gasteiger charge is 2.43. The number of rotatable bonds is 6. The monoisotopic (exact) mass is 354 g/mol. The number of carbonyl (C=O) groups excluding carboxylic acids is 3. The van der Waals surface area contributed by atoms with Gasteiger partial charge in [-0.1, -0.05) is 13.8 Å². The number of furan rings is 1. The smallest absolute Gasteiger partial charge is 0.330 e. The summed E-state index contributed by atoms with van der Waals surface area (Å²) in [7, 11) is 0. The number of hydrogen-bond donors (Lipinski definition) is 1. The van der Waals surface area contributed by atoms with E-state index in [1.165, 1.54) is 29.8 Å². The van der Waals surface area contributed by atoms with Crippen LogP contribution in [-0.2, 0) is 19.1 Å². The molecule has 0 saturated carbocycles. The van der Waals surface area contributed by atoms with Crippen molar-refractivity contribution in [3.8, 4) is 0 Å². The van der Waals surface area contributed by atoms with Crippen molar-refractivity contribution in [2.45, 2.75) is 32.2 Å². The molecule has 0 aromatic carbocycles. The normalized spacial score (nSPS) is 20.2. The zero-order valence-corrected chi connectivity index (χ0v) is 14.8. The number of ether oxygens (including phenoxy) is 1. The van der Waals surface area contributed by atoms with Crippen molar-refractivity contribution in [1.29, 1.82) is 0 Å². The molecule has 8 heteroatoms. The Labute approximate surface area is 145 Å². The molecule has 24 heavy (non-hydrogen) atoms. The Morgan fingerprint density at radius 2 is 2.21 bits per heavy atom. The second-order valence-electron chi connectivity index (χ2n) is 5.95. The molecule has 0 bridgehead atoms. The molecule has 1 aliphatic rings. The van der Waals surface area contributed by atoms with Gasteiger partial charge in [-0.15, -0.1) is 11.8 Å². The van der Waals surface area contributed by atoms with Gasteiger partial charge < -0.3 is 19.4 Å². The predicted molar refractivity (Wildman–Crippen MR) is 89.0 cm³/mol. The van der Waals surface area contributed by atoms with E-state index in [9.17, 15) is 14.4 Å². The summed E-state index contributed by atoms with van der Waals surface area (Å²) in [6, 6.07) is 2.78. The lowest BCUT2D eigenvalue weighted by Gasteiger charge is -2.25. The molecule has 1 aromatic heterocycles. The number of carbonyl (C=O) groups is 3. The molecule has 0 spiro atoms. The maximum absolute atomic E-state index is 12.3. The fourth-order valence-corrected chi connectivity index (χ4v) is 3.74. The number of nitrogens with zero attached hydrogens (tertiary/aromatic N) is 1. The molecule has 1 fully saturated rings. The van der Waals surface area contributed by atoms with Crippen LogP contribution in [0.5, 0.6) is 0 Å². The van der Waals surface area contributed by atoms with E-state index < -0.39 is 12.0 Å². The average Bonchev–Trinajstić information content (AvgIpc) is 3.18. The predicted octanol–water partition coefficient (Wildman–Crippen LogP) is 1.56. The average molecular weight is 354 g/mol. The van der Waals surface area contributed by atoms with Crippen LogP contribution >= 0.6 is 11.8 Å². The van der Waals surface area contributed by atoms with Crippen LogP contribution < -0.4 is 5.32 Å². The van der Waals surface area contributed by atoms with Gasteiger partial charge in [-0.2, -0.15) is 0 Å². The van der Waals surface area contributed by atoms with Gasteiger partial charge in [0.2, 0.25) is 5.91 Å². The Kier molecular flexibility index (Phi) is 6.30. The third-order valence-electron chi connectivity index (χ3n) is 3.48. The molecule has 0 radical (unpaired) electrons. The number of amides is 2. The number of hydrogen-bond acceptors (Lipinski definition) is 6. The first-order chi connectivity index (χ1) is 11.4. The lowest BCUT2D eigenvalue weighted by molar-refractivity contribution is -0.156. The standard InChI is InChI=1S/C16H22N2O5S/c1-10(2)7-17-14(20)8-23-16(21)12-9-24-15(18(12)11(3)19)13-5-4-6-22-13/h4-6,10,12,15H,7-9H2,1-3H3,(H,17,20)/t12-,15+/m1/s1. The fourth-order valence-electron chi connectivity index (χ4n) is 2.33. The van der Waals surface area contributed by atoms with Crippen LogP contribution in [0.4, 0.5) is 0 Å². The van der Waals surface area contributed by atoms with Crippen LogP contribution in [0.1, 0.15) is 31.9 Å². The zero-order valence-electron chi connectivity index (χ0n) is 14.0. The molecule has 0 aliphatic carbocycles. The van der Waals surface area contributed by atoms with Crippen molar-refractivity contribution in [3.63, 3.8) is 0 Å². The third-order valence-corrected chi connectivity index (χ3v) is 4.76. The third kappa shape index (κ3) is 4.53. The van der Waals surface area contributed by atoms with Crippen molar-refractivity contribution in [2.75, 3.05) is 18.9 Å². The highest BCUT2D eigenvalue weighted by atomic mass is 32.2. The minimum absolute atomic E-state index is 0.243. The number of nitrogens with one attached hydrogen (secondary N) is 1. The Balaban J connectivity index is 1.94. The summed E-state index contributed by atoms with van der Waals surface area (Å²) in [5.41, 5.74) is 0. The van der Waals surface area contributed by atoms with E-state index in [2.05, 4.69) is 5.32 Å². The Hall–Kier alpha value is -1.96. The second kappa shape index (κ2) is 8.23. The molecule has 1 saturated heterocycles. The minimum atomic E-state index is -0.722. The van der Waals surface area contributed by atoms with Crippen LogP contribution in [-0.4, -0.2) is 47.6 Å². The number of thioether (sulfide) groups is 1. The van der Waals surface area contributed by atoms with E-state index in [1.54, 1.807) is 12.1 Å². The molecule has 2 rings (SSSR count). The van der Waals surface area contributed by atoms with Gasteiger partial charge in [0, 0.05) is 19.2 Å². The molecular formula is C16H22N2O5S. The van der Waals surface area contributed by atoms with Gasteiger partial charge in [-0.05, 0) is 18.1 Å². The maximum atomic E-state index is 12.3. The lowest BCUT2D eigenvalue weighted by Crippen LogP contribution is -2.43. The van der Waals surface area contributed by atoms with Gasteiger partial charge in [0.25, 0.3) is 5.91 Å². The van der Waals surface area contributed by atoms with E-state index in [-0.39, 0.29) is 23.8 Å². The highest BCUT2D eigenvalue weighted by Crippen LogP contribution is 2.41. The molecule has 2 amide bonds. The topological polar surface area (TPSA) is 88.8 Å². The van der Waals surface area contributed by atoms with Gasteiger partial charge in [0.1, 0.15) is 17.2 Å². The van der Waals surface area contributed by atoms with Crippen LogP contribution in [0, 0.1) is 5.92 Å².